The number of aromatic nitrogens is 1. The molecule has 0 N–H and O–H groups in total. The second-order valence-electron chi connectivity index (χ2n) is 7.71. The van der Waals surface area contributed by atoms with Crippen molar-refractivity contribution in [1.29, 1.82) is 0 Å². The average Bonchev–Trinajstić information content (AvgIpc) is 3.52. The smallest absolute Gasteiger partial charge is 0.258 e. The molecule has 0 radical (unpaired) electrons. The van der Waals surface area contributed by atoms with Crippen molar-refractivity contribution >= 4 is 51.2 Å². The zero-order valence-electron chi connectivity index (χ0n) is 18.1. The zero-order valence-corrected chi connectivity index (χ0v) is 20.5. The topological polar surface area (TPSA) is 71.6 Å². The molecule has 1 atom stereocenters. The third kappa shape index (κ3) is 4.57. The molecule has 1 aliphatic rings. The Kier molecular flexibility index (Phi) is 6.36. The number of nitro benzene ring substituents is 1. The molecule has 1 unspecified atom stereocenters. The number of thiazole rings is 1. The van der Waals surface area contributed by atoms with Crippen LogP contribution in [-0.2, 0) is 0 Å². The van der Waals surface area contributed by atoms with Gasteiger partial charge in [-0.2, -0.15) is 5.10 Å². The molecule has 5 rings (SSSR count). The number of hydrazone groups is 1. The van der Waals surface area contributed by atoms with Gasteiger partial charge < -0.3 is 0 Å². The monoisotopic (exact) mass is 506 g/mol. The molecule has 34 heavy (non-hydrogen) atoms. The lowest BCUT2D eigenvalue weighted by Gasteiger charge is -2.21. The lowest BCUT2D eigenvalue weighted by atomic mass is 9.99. The van der Waals surface area contributed by atoms with Gasteiger partial charge in [0.05, 0.1) is 22.4 Å². The molecule has 9 heteroatoms. The van der Waals surface area contributed by atoms with Gasteiger partial charge in [0.1, 0.15) is 0 Å². The predicted octanol–water partition coefficient (Wildman–Crippen LogP) is 7.45. The molecule has 0 aliphatic carbocycles. The average molecular weight is 507 g/mol. The quantitative estimate of drug-likeness (QED) is 0.154. The third-order valence-electron chi connectivity index (χ3n) is 5.65. The van der Waals surface area contributed by atoms with Crippen molar-refractivity contribution in [2.24, 2.45) is 5.10 Å². The molecular formula is C25H19ClN4O2S2. The van der Waals surface area contributed by atoms with Crippen molar-refractivity contribution < 1.29 is 4.92 Å². The second kappa shape index (κ2) is 9.58. The maximum Gasteiger partial charge on any atom is 0.269 e. The van der Waals surface area contributed by atoms with Gasteiger partial charge in [-0.15, -0.1) is 23.1 Å². The summed E-state index contributed by atoms with van der Waals surface area (Å²) in [6.45, 7) is 0. The number of nitro groups is 1. The summed E-state index contributed by atoms with van der Waals surface area (Å²) in [4.78, 5) is 16.6. The summed E-state index contributed by atoms with van der Waals surface area (Å²) in [7, 11) is 0. The van der Waals surface area contributed by atoms with Crippen molar-refractivity contribution in [3.05, 3.63) is 104 Å². The molecule has 0 saturated carbocycles. The Hall–Kier alpha value is -3.20. The highest BCUT2D eigenvalue weighted by Gasteiger charge is 2.31. The highest BCUT2D eigenvalue weighted by atomic mass is 35.5. The first-order chi connectivity index (χ1) is 16.5. The van der Waals surface area contributed by atoms with E-state index in [-0.39, 0.29) is 11.7 Å². The predicted molar refractivity (Wildman–Crippen MR) is 140 cm³/mol. The molecule has 1 aromatic heterocycles. The number of hydrogen-bond acceptors (Lipinski definition) is 7. The molecule has 0 saturated heterocycles. The maximum absolute atomic E-state index is 11.0. The van der Waals surface area contributed by atoms with Crippen LogP contribution in [0.4, 0.5) is 10.8 Å². The van der Waals surface area contributed by atoms with Crippen molar-refractivity contribution in [2.75, 3.05) is 11.3 Å². The van der Waals surface area contributed by atoms with Crippen LogP contribution < -0.4 is 5.01 Å². The Labute approximate surface area is 210 Å². The Balaban J connectivity index is 1.50. The number of benzene rings is 3. The fraction of sp³-hybridized carbons (Fsp3) is 0.120. The molecule has 0 spiro atoms. The van der Waals surface area contributed by atoms with Crippen LogP contribution >= 0.6 is 34.7 Å². The van der Waals surface area contributed by atoms with Gasteiger partial charge >= 0.3 is 0 Å². The van der Waals surface area contributed by atoms with Gasteiger partial charge in [-0.25, -0.2) is 9.99 Å². The zero-order chi connectivity index (χ0) is 23.7. The van der Waals surface area contributed by atoms with Gasteiger partial charge in [-0.1, -0.05) is 35.9 Å². The molecule has 4 aromatic rings. The number of halogens is 1. The van der Waals surface area contributed by atoms with Gasteiger partial charge in [-0.3, -0.25) is 10.1 Å². The van der Waals surface area contributed by atoms with Crippen molar-refractivity contribution in [1.82, 2.24) is 4.98 Å². The van der Waals surface area contributed by atoms with E-state index in [9.17, 15) is 10.1 Å². The van der Waals surface area contributed by atoms with E-state index in [4.69, 9.17) is 21.7 Å². The number of hydrogen-bond donors (Lipinski definition) is 0. The highest BCUT2D eigenvalue weighted by molar-refractivity contribution is 7.98. The summed E-state index contributed by atoms with van der Waals surface area (Å²) < 4.78 is 0. The van der Waals surface area contributed by atoms with E-state index < -0.39 is 4.92 Å². The fourth-order valence-electron chi connectivity index (χ4n) is 3.85. The van der Waals surface area contributed by atoms with E-state index in [1.165, 1.54) is 28.4 Å². The van der Waals surface area contributed by atoms with Crippen LogP contribution in [0, 0.1) is 10.1 Å². The Morgan fingerprint density at radius 1 is 1.03 bits per heavy atom. The van der Waals surface area contributed by atoms with E-state index in [0.29, 0.717) is 5.02 Å². The van der Waals surface area contributed by atoms with Crippen molar-refractivity contribution in [3.63, 3.8) is 0 Å². The number of anilines is 1. The number of nitrogens with zero attached hydrogens (tertiary/aromatic N) is 4. The lowest BCUT2D eigenvalue weighted by molar-refractivity contribution is -0.384. The van der Waals surface area contributed by atoms with Gasteiger partial charge in [0.15, 0.2) is 0 Å². The van der Waals surface area contributed by atoms with Gasteiger partial charge in [-0.05, 0) is 53.8 Å². The van der Waals surface area contributed by atoms with Gasteiger partial charge in [0.2, 0.25) is 5.13 Å². The van der Waals surface area contributed by atoms with Crippen molar-refractivity contribution in [3.8, 4) is 11.3 Å². The fourth-order valence-corrected chi connectivity index (χ4v) is 5.21. The Morgan fingerprint density at radius 2 is 1.71 bits per heavy atom. The first-order valence-electron chi connectivity index (χ1n) is 10.5. The van der Waals surface area contributed by atoms with E-state index in [2.05, 4.69) is 30.5 Å². The second-order valence-corrected chi connectivity index (χ2v) is 9.86. The Morgan fingerprint density at radius 3 is 2.35 bits per heavy atom. The normalized spacial score (nSPS) is 15.4. The van der Waals surface area contributed by atoms with Crippen LogP contribution in [0.3, 0.4) is 0 Å². The lowest BCUT2D eigenvalue weighted by Crippen LogP contribution is -2.18. The molecule has 0 fully saturated rings. The van der Waals surface area contributed by atoms with Crippen LogP contribution in [0.1, 0.15) is 23.6 Å². The standard InChI is InChI=1S/C25H19ClN4O2S2/c1-33-21-12-6-18(7-13-21)24-14-22(16-2-8-19(26)9-3-16)28-29(24)25-27-23(15-34-25)17-4-10-20(11-5-17)30(31)32/h2-13,15,24H,14H2,1H3. The van der Waals surface area contributed by atoms with Crippen LogP contribution in [0.15, 0.2) is 88.2 Å². The van der Waals surface area contributed by atoms with Gasteiger partial charge in [0.25, 0.3) is 5.69 Å². The van der Waals surface area contributed by atoms with Crippen LogP contribution in [0.25, 0.3) is 11.3 Å². The summed E-state index contributed by atoms with van der Waals surface area (Å²) >= 11 is 9.31. The number of rotatable bonds is 6. The summed E-state index contributed by atoms with van der Waals surface area (Å²) in [5.74, 6) is 0. The van der Waals surface area contributed by atoms with E-state index >= 15 is 0 Å². The SMILES string of the molecule is CSc1ccc(C2CC(c3ccc(Cl)cc3)=NN2c2nc(-c3ccc([N+](=O)[O-])cc3)cs2)cc1. The summed E-state index contributed by atoms with van der Waals surface area (Å²) in [5.41, 5.74) is 4.83. The molecule has 0 amide bonds. The van der Waals surface area contributed by atoms with Crippen LogP contribution in [0.5, 0.6) is 0 Å². The molecule has 170 valence electrons. The minimum absolute atomic E-state index is 0.0115. The number of non-ortho nitro benzene ring substituents is 1. The molecule has 0 bridgehead atoms. The van der Waals surface area contributed by atoms with E-state index in [1.807, 2.05) is 34.7 Å². The molecule has 2 heterocycles. The van der Waals surface area contributed by atoms with E-state index in [1.54, 1.807) is 23.9 Å². The van der Waals surface area contributed by atoms with Crippen LogP contribution in [-0.4, -0.2) is 21.9 Å². The first kappa shape index (κ1) is 22.6. The summed E-state index contributed by atoms with van der Waals surface area (Å²) in [6, 6.07) is 22.7. The maximum atomic E-state index is 11.0. The van der Waals surface area contributed by atoms with Crippen LogP contribution in [0.2, 0.25) is 5.02 Å². The molecule has 1 aliphatic heterocycles. The summed E-state index contributed by atoms with van der Waals surface area (Å²) in [5, 5.41) is 21.3. The third-order valence-corrected chi connectivity index (χ3v) is 7.48. The van der Waals surface area contributed by atoms with Crippen molar-refractivity contribution in [2.45, 2.75) is 17.4 Å². The summed E-state index contributed by atoms with van der Waals surface area (Å²) in [6.07, 6.45) is 2.81. The largest absolute Gasteiger partial charge is 0.269 e. The number of thioether (sulfide) groups is 1. The highest BCUT2D eigenvalue weighted by Crippen LogP contribution is 2.40. The molecule has 6 nitrogen and oxygen atoms in total. The van der Waals surface area contributed by atoms with Gasteiger partial charge in [0, 0.05) is 39.4 Å². The molecule has 3 aromatic carbocycles. The minimum atomic E-state index is -0.402. The van der Waals surface area contributed by atoms with E-state index in [0.717, 1.165) is 39.6 Å². The minimum Gasteiger partial charge on any atom is -0.258 e. The molecular weight excluding hydrogens is 488 g/mol. The Bertz CT molecular complexity index is 1350. The first-order valence-corrected chi connectivity index (χ1v) is 13.0.